The van der Waals surface area contributed by atoms with Crippen molar-refractivity contribution in [3.05, 3.63) is 29.4 Å². The van der Waals surface area contributed by atoms with Gasteiger partial charge in [-0.1, -0.05) is 0 Å². The molecule has 1 saturated heterocycles. The molecule has 6 nitrogen and oxygen atoms in total. The van der Waals surface area contributed by atoms with Crippen LogP contribution in [0.25, 0.3) is 4.90 Å². The van der Waals surface area contributed by atoms with Crippen LogP contribution in [-0.4, -0.2) is 42.2 Å². The van der Waals surface area contributed by atoms with Crippen molar-refractivity contribution in [3.63, 3.8) is 0 Å². The van der Waals surface area contributed by atoms with E-state index in [0.29, 0.717) is 5.13 Å². The van der Waals surface area contributed by atoms with Crippen LogP contribution in [0, 0.1) is 6.92 Å². The first kappa shape index (κ1) is 14.9. The van der Waals surface area contributed by atoms with E-state index in [0.717, 1.165) is 42.7 Å². The molecular formula is C15H19N4O2S+. The number of ether oxygens (including phenoxy) is 1. The first-order valence-electron chi connectivity index (χ1n) is 7.20. The molecule has 1 aliphatic rings. The number of anilines is 2. The van der Waals surface area contributed by atoms with Crippen LogP contribution in [0.3, 0.4) is 0 Å². The molecule has 0 bridgehead atoms. The van der Waals surface area contributed by atoms with Crippen molar-refractivity contribution in [2.45, 2.75) is 13.8 Å². The van der Waals surface area contributed by atoms with Crippen LogP contribution in [0.5, 0.6) is 0 Å². The van der Waals surface area contributed by atoms with Gasteiger partial charge in [-0.3, -0.25) is 10.1 Å². The standard InChI is InChI=1S/C15H18N4O2S/c1-11-10-22(15(17-11)18-12(2)20)13-3-4-16-14(9-13)19-5-7-21-8-6-19/h3-4,9-10H,5-8H2,1-2H3/p+1. The number of pyridine rings is 1. The summed E-state index contributed by atoms with van der Waals surface area (Å²) in [5.41, 5.74) is 0.928. The highest BCUT2D eigenvalue weighted by Crippen LogP contribution is 2.39. The molecule has 1 N–H and O–H groups in total. The third kappa shape index (κ3) is 3.26. The van der Waals surface area contributed by atoms with Gasteiger partial charge in [-0.15, -0.1) is 0 Å². The lowest BCUT2D eigenvalue weighted by molar-refractivity contribution is -0.114. The van der Waals surface area contributed by atoms with Crippen molar-refractivity contribution in [3.8, 4) is 4.90 Å². The zero-order valence-electron chi connectivity index (χ0n) is 12.7. The molecule has 1 aliphatic heterocycles. The number of aryl methyl sites for hydroxylation is 1. The molecule has 22 heavy (non-hydrogen) atoms. The van der Waals surface area contributed by atoms with Crippen molar-refractivity contribution in [2.24, 2.45) is 0 Å². The number of rotatable bonds is 3. The van der Waals surface area contributed by atoms with Gasteiger partial charge in [-0.25, -0.2) is 4.98 Å². The second kappa shape index (κ2) is 6.41. The van der Waals surface area contributed by atoms with E-state index in [1.54, 1.807) is 0 Å². The quantitative estimate of drug-likeness (QED) is 0.879. The molecule has 0 spiro atoms. The fraction of sp³-hybridized carbons (Fsp3) is 0.400. The zero-order valence-corrected chi connectivity index (χ0v) is 13.5. The van der Waals surface area contributed by atoms with Gasteiger partial charge >= 0.3 is 5.13 Å². The predicted octanol–water partition coefficient (Wildman–Crippen LogP) is 2.32. The Hall–Kier alpha value is -1.99. The monoisotopic (exact) mass is 319 g/mol. The summed E-state index contributed by atoms with van der Waals surface area (Å²) in [5, 5.41) is 5.64. The highest BCUT2D eigenvalue weighted by Gasteiger charge is 2.23. The van der Waals surface area contributed by atoms with Crippen LogP contribution < -0.4 is 10.2 Å². The summed E-state index contributed by atoms with van der Waals surface area (Å²) < 4.78 is 5.38. The summed E-state index contributed by atoms with van der Waals surface area (Å²) in [7, 11) is -0.336. The van der Waals surface area contributed by atoms with E-state index in [1.807, 2.05) is 19.2 Å². The molecule has 3 heterocycles. The highest BCUT2D eigenvalue weighted by atomic mass is 32.2. The van der Waals surface area contributed by atoms with E-state index in [-0.39, 0.29) is 16.4 Å². The minimum Gasteiger partial charge on any atom is -0.378 e. The van der Waals surface area contributed by atoms with E-state index in [2.05, 4.69) is 31.6 Å². The van der Waals surface area contributed by atoms with Crippen LogP contribution in [0.15, 0.2) is 23.7 Å². The van der Waals surface area contributed by atoms with Gasteiger partial charge in [0.05, 0.1) is 29.4 Å². The van der Waals surface area contributed by atoms with Crippen molar-refractivity contribution in [1.29, 1.82) is 0 Å². The van der Waals surface area contributed by atoms with Gasteiger partial charge in [0.15, 0.2) is 10.3 Å². The smallest absolute Gasteiger partial charge is 0.352 e. The molecule has 1 atom stereocenters. The molecule has 7 heteroatoms. The van der Waals surface area contributed by atoms with Crippen LogP contribution in [0.1, 0.15) is 12.6 Å². The number of carbonyl (C=O) groups is 1. The van der Waals surface area contributed by atoms with Crippen molar-refractivity contribution in [1.82, 2.24) is 9.97 Å². The largest absolute Gasteiger partial charge is 0.378 e. The summed E-state index contributed by atoms with van der Waals surface area (Å²) in [6.07, 6.45) is 1.82. The molecule has 0 radical (unpaired) electrons. The lowest BCUT2D eigenvalue weighted by atomic mass is 10.4. The predicted molar refractivity (Wildman–Crippen MR) is 87.9 cm³/mol. The minimum atomic E-state index is -0.336. The van der Waals surface area contributed by atoms with Crippen LogP contribution in [0.4, 0.5) is 10.9 Å². The van der Waals surface area contributed by atoms with Crippen molar-refractivity contribution < 1.29 is 9.53 Å². The fourth-order valence-electron chi connectivity index (χ4n) is 2.38. The maximum Gasteiger partial charge on any atom is 0.352 e. The van der Waals surface area contributed by atoms with Gasteiger partial charge in [0, 0.05) is 38.3 Å². The van der Waals surface area contributed by atoms with Crippen molar-refractivity contribution >= 4 is 27.3 Å². The van der Waals surface area contributed by atoms with E-state index in [4.69, 9.17) is 4.74 Å². The Morgan fingerprint density at radius 3 is 2.91 bits per heavy atom. The average molecular weight is 319 g/mol. The SMILES string of the molecule is CC(=O)Nc1nc(C)c[s+]1-c1ccnc(N2CCOCC2)c1. The van der Waals surface area contributed by atoms with Crippen LogP contribution >= 0.6 is 10.5 Å². The van der Waals surface area contributed by atoms with Crippen molar-refractivity contribution in [2.75, 3.05) is 36.5 Å². The minimum absolute atomic E-state index is 0.0955. The summed E-state index contributed by atoms with van der Waals surface area (Å²) in [5.74, 6) is 0.857. The maximum atomic E-state index is 11.4. The topological polar surface area (TPSA) is 67.4 Å². The molecule has 2 aromatic heterocycles. The number of thiazole rings is 1. The highest BCUT2D eigenvalue weighted by molar-refractivity contribution is 7.41. The number of nitrogens with one attached hydrogen (secondary N) is 1. The number of nitrogens with zero attached hydrogens (tertiary/aromatic N) is 3. The van der Waals surface area contributed by atoms with E-state index >= 15 is 0 Å². The summed E-state index contributed by atoms with van der Waals surface area (Å²) in [4.78, 5) is 23.6. The first-order valence-corrected chi connectivity index (χ1v) is 8.49. The van der Waals surface area contributed by atoms with E-state index < -0.39 is 0 Å². The number of hydrogen-bond acceptors (Lipinski definition) is 5. The Kier molecular flexibility index (Phi) is 4.35. The average Bonchev–Trinajstić information content (AvgIpc) is 2.88. The molecule has 116 valence electrons. The summed E-state index contributed by atoms with van der Waals surface area (Å²) in [6, 6.07) is 4.07. The molecule has 1 amide bonds. The van der Waals surface area contributed by atoms with Gasteiger partial charge in [-0.05, 0) is 6.92 Å². The Morgan fingerprint density at radius 2 is 2.18 bits per heavy atom. The van der Waals surface area contributed by atoms with Gasteiger partial charge in [-0.2, -0.15) is 4.98 Å². The Balaban J connectivity index is 1.93. The molecule has 1 unspecified atom stereocenters. The number of morpholine rings is 1. The molecule has 0 saturated carbocycles. The molecule has 0 aromatic carbocycles. The summed E-state index contributed by atoms with van der Waals surface area (Å²) >= 11 is 0. The number of aromatic nitrogens is 2. The third-order valence-electron chi connectivity index (χ3n) is 3.36. The fourth-order valence-corrected chi connectivity index (χ4v) is 4.18. The lowest BCUT2D eigenvalue weighted by Crippen LogP contribution is -2.36. The third-order valence-corrected chi connectivity index (χ3v) is 5.31. The number of amides is 1. The van der Waals surface area contributed by atoms with Gasteiger partial charge in [0.2, 0.25) is 5.91 Å². The van der Waals surface area contributed by atoms with E-state index in [9.17, 15) is 4.79 Å². The molecule has 3 rings (SSSR count). The maximum absolute atomic E-state index is 11.4. The van der Waals surface area contributed by atoms with E-state index in [1.165, 1.54) is 6.92 Å². The van der Waals surface area contributed by atoms with Crippen LogP contribution in [0.2, 0.25) is 0 Å². The zero-order chi connectivity index (χ0) is 15.5. The second-order valence-corrected chi connectivity index (χ2v) is 6.91. The normalized spacial score (nSPS) is 15.7. The Morgan fingerprint density at radius 1 is 1.41 bits per heavy atom. The first-order chi connectivity index (χ1) is 10.6. The molecule has 1 fully saturated rings. The van der Waals surface area contributed by atoms with Gasteiger partial charge in [0.25, 0.3) is 0 Å². The Labute approximate surface area is 132 Å². The molecule has 2 aromatic rings. The van der Waals surface area contributed by atoms with Gasteiger partial charge in [0.1, 0.15) is 5.82 Å². The molecule has 0 aliphatic carbocycles. The van der Waals surface area contributed by atoms with Gasteiger partial charge < -0.3 is 9.64 Å². The second-order valence-electron chi connectivity index (χ2n) is 5.14. The Bertz CT molecular complexity index is 680. The number of hydrogen-bond donors (Lipinski definition) is 1. The molecular weight excluding hydrogens is 300 g/mol. The number of carbonyl (C=O) groups excluding carboxylic acids is 1. The summed E-state index contributed by atoms with van der Waals surface area (Å²) in [6.45, 7) is 6.62. The van der Waals surface area contributed by atoms with Crippen LogP contribution in [-0.2, 0) is 9.53 Å². The lowest BCUT2D eigenvalue weighted by Gasteiger charge is -2.27.